The molecule has 0 aliphatic heterocycles. The molecule has 1 aliphatic rings. The first-order valence-electron chi connectivity index (χ1n) is 5.57. The van der Waals surface area contributed by atoms with E-state index in [9.17, 15) is 4.79 Å². The molecule has 1 aliphatic carbocycles. The van der Waals surface area contributed by atoms with Gasteiger partial charge in [0.25, 0.3) is 5.91 Å². The Morgan fingerprint density at radius 2 is 2.44 bits per heavy atom. The lowest BCUT2D eigenvalue weighted by molar-refractivity contribution is 0.0953. The van der Waals surface area contributed by atoms with Gasteiger partial charge in [0.1, 0.15) is 4.88 Å². The van der Waals surface area contributed by atoms with Gasteiger partial charge in [-0.3, -0.25) is 4.79 Å². The van der Waals surface area contributed by atoms with Crippen LogP contribution >= 0.6 is 11.5 Å². The molecule has 0 radical (unpaired) electrons. The fourth-order valence-corrected chi connectivity index (χ4v) is 2.26. The van der Waals surface area contributed by atoms with Crippen molar-refractivity contribution in [3.8, 4) is 0 Å². The van der Waals surface area contributed by atoms with Crippen LogP contribution in [0.1, 0.15) is 35.1 Å². The number of rotatable bonds is 5. The lowest BCUT2D eigenvalue weighted by Gasteiger charge is -2.10. The second-order valence-corrected chi connectivity index (χ2v) is 4.87. The van der Waals surface area contributed by atoms with Gasteiger partial charge in [-0.25, -0.2) is 0 Å². The van der Waals surface area contributed by atoms with Crippen LogP contribution in [0.15, 0.2) is 0 Å². The van der Waals surface area contributed by atoms with Gasteiger partial charge in [-0.05, 0) is 36.7 Å². The molecule has 88 valence electrons. The molecule has 0 spiro atoms. The van der Waals surface area contributed by atoms with Crippen molar-refractivity contribution in [3.63, 3.8) is 0 Å². The fraction of sp³-hybridized carbons (Fsp3) is 0.700. The Morgan fingerprint density at radius 1 is 1.69 bits per heavy atom. The van der Waals surface area contributed by atoms with Crippen molar-refractivity contribution in [1.29, 1.82) is 0 Å². The molecule has 1 aromatic heterocycles. The first kappa shape index (κ1) is 11.5. The minimum absolute atomic E-state index is 0.0925. The van der Waals surface area contributed by atoms with E-state index in [0.29, 0.717) is 17.3 Å². The Morgan fingerprint density at radius 3 is 3.06 bits per heavy atom. The largest absolute Gasteiger partial charge is 0.350 e. The third kappa shape index (κ3) is 2.56. The van der Waals surface area contributed by atoms with Crippen LogP contribution in [0.5, 0.6) is 0 Å². The molecular formula is C10H16N4OS. The standard InChI is InChI=1S/C10H16N4OS/c1-2-8-9(16-14-13-8)10(15)12-5-7(11)6-3-4-6/h6-7H,2-5,11H2,1H3,(H,12,15). The highest BCUT2D eigenvalue weighted by molar-refractivity contribution is 7.08. The Labute approximate surface area is 98.6 Å². The van der Waals surface area contributed by atoms with E-state index < -0.39 is 0 Å². The van der Waals surface area contributed by atoms with Crippen LogP contribution in [0.2, 0.25) is 0 Å². The second kappa shape index (κ2) is 4.88. The quantitative estimate of drug-likeness (QED) is 0.788. The zero-order chi connectivity index (χ0) is 11.5. The van der Waals surface area contributed by atoms with Crippen molar-refractivity contribution in [1.82, 2.24) is 14.9 Å². The number of nitrogens with two attached hydrogens (primary N) is 1. The lowest BCUT2D eigenvalue weighted by atomic mass is 10.2. The molecule has 1 fully saturated rings. The van der Waals surface area contributed by atoms with Crippen LogP contribution in [0, 0.1) is 5.92 Å². The summed E-state index contributed by atoms with van der Waals surface area (Å²) in [7, 11) is 0. The average molecular weight is 240 g/mol. The maximum atomic E-state index is 11.8. The molecular weight excluding hydrogens is 224 g/mol. The summed E-state index contributed by atoms with van der Waals surface area (Å²) < 4.78 is 3.79. The molecule has 1 unspecified atom stereocenters. The van der Waals surface area contributed by atoms with E-state index in [2.05, 4.69) is 14.9 Å². The number of carbonyl (C=O) groups is 1. The lowest BCUT2D eigenvalue weighted by Crippen LogP contribution is -2.38. The summed E-state index contributed by atoms with van der Waals surface area (Å²) >= 11 is 1.14. The predicted octanol–water partition coefficient (Wildman–Crippen LogP) is 0.568. The first-order valence-corrected chi connectivity index (χ1v) is 6.34. The molecule has 1 saturated carbocycles. The molecule has 0 aromatic carbocycles. The van der Waals surface area contributed by atoms with E-state index >= 15 is 0 Å². The third-order valence-corrected chi connectivity index (χ3v) is 3.59. The smallest absolute Gasteiger partial charge is 0.265 e. The van der Waals surface area contributed by atoms with Crippen LogP contribution in [-0.4, -0.2) is 28.1 Å². The van der Waals surface area contributed by atoms with Gasteiger partial charge in [-0.2, -0.15) is 0 Å². The molecule has 1 atom stereocenters. The predicted molar refractivity (Wildman–Crippen MR) is 62.3 cm³/mol. The Hall–Kier alpha value is -1.01. The van der Waals surface area contributed by atoms with Gasteiger partial charge >= 0.3 is 0 Å². The van der Waals surface area contributed by atoms with Crippen molar-refractivity contribution in [3.05, 3.63) is 10.6 Å². The molecule has 1 heterocycles. The average Bonchev–Trinajstić information content (AvgIpc) is 3.03. The Kier molecular flexibility index (Phi) is 3.50. The van der Waals surface area contributed by atoms with Crippen LogP contribution in [0.4, 0.5) is 0 Å². The van der Waals surface area contributed by atoms with Gasteiger partial charge in [0.15, 0.2) is 0 Å². The molecule has 2 rings (SSSR count). The van der Waals surface area contributed by atoms with Gasteiger partial charge in [0.05, 0.1) is 5.69 Å². The normalized spacial score (nSPS) is 17.1. The maximum absolute atomic E-state index is 11.8. The number of nitrogens with one attached hydrogen (secondary N) is 1. The van der Waals surface area contributed by atoms with Gasteiger partial charge < -0.3 is 11.1 Å². The molecule has 1 amide bonds. The summed E-state index contributed by atoms with van der Waals surface area (Å²) in [6, 6.07) is 0.0925. The molecule has 0 saturated heterocycles. The van der Waals surface area contributed by atoms with E-state index in [1.807, 2.05) is 6.92 Å². The minimum Gasteiger partial charge on any atom is -0.350 e. The summed E-state index contributed by atoms with van der Waals surface area (Å²) in [4.78, 5) is 12.4. The maximum Gasteiger partial charge on any atom is 0.265 e. The molecule has 5 nitrogen and oxygen atoms in total. The summed E-state index contributed by atoms with van der Waals surface area (Å²) in [5, 5.41) is 6.75. The van der Waals surface area contributed by atoms with Crippen molar-refractivity contribution in [2.75, 3.05) is 6.54 Å². The number of carbonyl (C=O) groups excluding carboxylic acids is 1. The van der Waals surface area contributed by atoms with Crippen LogP contribution in [0.3, 0.4) is 0 Å². The summed E-state index contributed by atoms with van der Waals surface area (Å²) in [6.45, 7) is 2.51. The highest BCUT2D eigenvalue weighted by atomic mass is 32.1. The second-order valence-electron chi connectivity index (χ2n) is 4.11. The number of hydrogen-bond donors (Lipinski definition) is 2. The monoisotopic (exact) mass is 240 g/mol. The number of hydrogen-bond acceptors (Lipinski definition) is 5. The van der Waals surface area contributed by atoms with E-state index in [4.69, 9.17) is 5.73 Å². The van der Waals surface area contributed by atoms with Crippen molar-refractivity contribution >= 4 is 17.4 Å². The van der Waals surface area contributed by atoms with E-state index in [-0.39, 0.29) is 11.9 Å². The Bertz CT molecular complexity index is 375. The Balaban J connectivity index is 1.87. The first-order chi connectivity index (χ1) is 7.72. The summed E-state index contributed by atoms with van der Waals surface area (Å²) in [6.07, 6.45) is 3.12. The van der Waals surface area contributed by atoms with Crippen LogP contribution in [0.25, 0.3) is 0 Å². The van der Waals surface area contributed by atoms with E-state index in [1.54, 1.807) is 0 Å². The van der Waals surface area contributed by atoms with Crippen molar-refractivity contribution in [2.45, 2.75) is 32.2 Å². The summed E-state index contributed by atoms with van der Waals surface area (Å²) in [5.74, 6) is 0.508. The SMILES string of the molecule is CCc1nnsc1C(=O)NCC(N)C1CC1. The zero-order valence-electron chi connectivity index (χ0n) is 9.27. The van der Waals surface area contributed by atoms with Crippen molar-refractivity contribution in [2.24, 2.45) is 11.7 Å². The van der Waals surface area contributed by atoms with Gasteiger partial charge in [-0.1, -0.05) is 11.4 Å². The number of amides is 1. The molecule has 6 heteroatoms. The van der Waals surface area contributed by atoms with Gasteiger partial charge in [-0.15, -0.1) is 5.10 Å². The summed E-state index contributed by atoms with van der Waals surface area (Å²) in [5.41, 5.74) is 6.67. The van der Waals surface area contributed by atoms with Gasteiger partial charge in [0, 0.05) is 12.6 Å². The minimum atomic E-state index is -0.0945. The number of aromatic nitrogens is 2. The third-order valence-electron chi connectivity index (χ3n) is 2.82. The topological polar surface area (TPSA) is 80.9 Å². The zero-order valence-corrected chi connectivity index (χ0v) is 10.1. The van der Waals surface area contributed by atoms with E-state index in [1.165, 1.54) is 12.8 Å². The van der Waals surface area contributed by atoms with E-state index in [0.717, 1.165) is 23.6 Å². The molecule has 1 aromatic rings. The van der Waals surface area contributed by atoms with Crippen LogP contribution < -0.4 is 11.1 Å². The molecule has 3 N–H and O–H groups in total. The highest BCUT2D eigenvalue weighted by Crippen LogP contribution is 2.31. The molecule has 16 heavy (non-hydrogen) atoms. The van der Waals surface area contributed by atoms with Crippen molar-refractivity contribution < 1.29 is 4.79 Å². The van der Waals surface area contributed by atoms with Gasteiger partial charge in [0.2, 0.25) is 0 Å². The molecule has 0 bridgehead atoms. The number of aryl methyl sites for hydroxylation is 1. The number of nitrogens with zero attached hydrogens (tertiary/aromatic N) is 2. The highest BCUT2D eigenvalue weighted by Gasteiger charge is 2.28. The fourth-order valence-electron chi connectivity index (χ4n) is 1.59. The van der Waals surface area contributed by atoms with Crippen LogP contribution in [-0.2, 0) is 6.42 Å².